The van der Waals surface area contributed by atoms with Crippen molar-refractivity contribution >= 4 is 0 Å². The van der Waals surface area contributed by atoms with Crippen LogP contribution < -0.4 is 5.32 Å². The van der Waals surface area contributed by atoms with E-state index in [0.717, 1.165) is 24.6 Å². The third-order valence-electron chi connectivity index (χ3n) is 4.59. The van der Waals surface area contributed by atoms with E-state index in [-0.39, 0.29) is 0 Å². The van der Waals surface area contributed by atoms with Gasteiger partial charge in [0.1, 0.15) is 0 Å². The van der Waals surface area contributed by atoms with Crippen LogP contribution in [0, 0.1) is 5.92 Å². The Hall–Kier alpha value is -0.0800. The van der Waals surface area contributed by atoms with Crippen LogP contribution in [-0.4, -0.2) is 24.3 Å². The fraction of sp³-hybridized carbons (Fsp3) is 1.00. The van der Waals surface area contributed by atoms with E-state index in [1.54, 1.807) is 0 Å². The molecule has 2 atom stereocenters. The van der Waals surface area contributed by atoms with Gasteiger partial charge >= 0.3 is 0 Å². The molecule has 0 aromatic heterocycles. The highest BCUT2D eigenvalue weighted by Crippen LogP contribution is 2.42. The first-order chi connectivity index (χ1) is 7.27. The minimum Gasteiger partial charge on any atom is -0.375 e. The lowest BCUT2D eigenvalue weighted by molar-refractivity contribution is -0.136. The van der Waals surface area contributed by atoms with Gasteiger partial charge in [0.25, 0.3) is 0 Å². The molecule has 1 saturated heterocycles. The SMILES string of the molecule is CC(NC1CCOC2(CCC2)C1)C1CC1. The van der Waals surface area contributed by atoms with Gasteiger partial charge in [-0.3, -0.25) is 0 Å². The lowest BCUT2D eigenvalue weighted by Crippen LogP contribution is -2.52. The first-order valence-electron chi connectivity index (χ1n) is 6.67. The van der Waals surface area contributed by atoms with Gasteiger partial charge in [-0.1, -0.05) is 0 Å². The first-order valence-corrected chi connectivity index (χ1v) is 6.67. The second-order valence-corrected chi connectivity index (χ2v) is 5.87. The van der Waals surface area contributed by atoms with E-state index in [1.807, 2.05) is 0 Å². The highest BCUT2D eigenvalue weighted by atomic mass is 16.5. The third kappa shape index (κ3) is 2.07. The van der Waals surface area contributed by atoms with Crippen molar-refractivity contribution in [1.82, 2.24) is 5.32 Å². The molecular weight excluding hydrogens is 186 g/mol. The van der Waals surface area contributed by atoms with Gasteiger partial charge in [0.05, 0.1) is 5.60 Å². The van der Waals surface area contributed by atoms with Crippen LogP contribution in [0.25, 0.3) is 0 Å². The minimum absolute atomic E-state index is 0.305. The van der Waals surface area contributed by atoms with Crippen LogP contribution in [0.2, 0.25) is 0 Å². The maximum Gasteiger partial charge on any atom is 0.0697 e. The Morgan fingerprint density at radius 2 is 2.07 bits per heavy atom. The summed E-state index contributed by atoms with van der Waals surface area (Å²) in [4.78, 5) is 0. The van der Waals surface area contributed by atoms with Crippen molar-refractivity contribution in [2.75, 3.05) is 6.61 Å². The summed E-state index contributed by atoms with van der Waals surface area (Å²) >= 11 is 0. The zero-order valence-electron chi connectivity index (χ0n) is 9.80. The molecule has 15 heavy (non-hydrogen) atoms. The number of hydrogen-bond acceptors (Lipinski definition) is 2. The maximum absolute atomic E-state index is 5.95. The highest BCUT2D eigenvalue weighted by molar-refractivity contribution is 4.97. The molecule has 1 heterocycles. The summed E-state index contributed by atoms with van der Waals surface area (Å²) in [6.07, 6.45) is 9.38. The smallest absolute Gasteiger partial charge is 0.0697 e. The molecule has 1 spiro atoms. The molecule has 2 heteroatoms. The van der Waals surface area contributed by atoms with Crippen molar-refractivity contribution in [1.29, 1.82) is 0 Å². The third-order valence-corrected chi connectivity index (χ3v) is 4.59. The molecule has 0 aromatic rings. The van der Waals surface area contributed by atoms with E-state index >= 15 is 0 Å². The zero-order chi connectivity index (χ0) is 10.3. The summed E-state index contributed by atoms with van der Waals surface area (Å²) in [6.45, 7) is 3.34. The lowest BCUT2D eigenvalue weighted by atomic mass is 9.74. The van der Waals surface area contributed by atoms with Crippen LogP contribution in [0.3, 0.4) is 0 Å². The Kier molecular flexibility index (Phi) is 2.52. The Bertz CT molecular complexity index is 233. The second kappa shape index (κ2) is 3.74. The molecule has 0 radical (unpaired) electrons. The van der Waals surface area contributed by atoms with Crippen molar-refractivity contribution in [3.05, 3.63) is 0 Å². The van der Waals surface area contributed by atoms with E-state index in [4.69, 9.17) is 4.74 Å². The second-order valence-electron chi connectivity index (χ2n) is 5.87. The molecule has 2 nitrogen and oxygen atoms in total. The van der Waals surface area contributed by atoms with Gasteiger partial charge in [0.15, 0.2) is 0 Å². The molecule has 2 unspecified atom stereocenters. The van der Waals surface area contributed by atoms with Gasteiger partial charge in [0.2, 0.25) is 0 Å². The highest BCUT2D eigenvalue weighted by Gasteiger charge is 2.43. The molecule has 3 aliphatic rings. The molecule has 0 amide bonds. The lowest BCUT2D eigenvalue weighted by Gasteiger charge is -2.47. The number of hydrogen-bond donors (Lipinski definition) is 1. The zero-order valence-corrected chi connectivity index (χ0v) is 9.80. The molecule has 3 fully saturated rings. The van der Waals surface area contributed by atoms with Crippen molar-refractivity contribution in [2.24, 2.45) is 5.92 Å². The van der Waals surface area contributed by atoms with Crippen molar-refractivity contribution in [3.8, 4) is 0 Å². The quantitative estimate of drug-likeness (QED) is 0.771. The Labute approximate surface area is 92.8 Å². The van der Waals surface area contributed by atoms with Crippen LogP contribution in [0.15, 0.2) is 0 Å². The van der Waals surface area contributed by atoms with Gasteiger partial charge in [0, 0.05) is 18.7 Å². The van der Waals surface area contributed by atoms with Crippen molar-refractivity contribution < 1.29 is 4.74 Å². The summed E-state index contributed by atoms with van der Waals surface area (Å²) in [5, 5.41) is 3.82. The molecular formula is C13H23NO. The molecule has 1 aliphatic heterocycles. The van der Waals surface area contributed by atoms with Crippen LogP contribution >= 0.6 is 0 Å². The molecule has 2 aliphatic carbocycles. The topological polar surface area (TPSA) is 21.3 Å². The Morgan fingerprint density at radius 1 is 1.27 bits per heavy atom. The molecule has 0 aromatic carbocycles. The Balaban J connectivity index is 1.52. The summed E-state index contributed by atoms with van der Waals surface area (Å²) in [5.41, 5.74) is 0.305. The van der Waals surface area contributed by atoms with E-state index in [2.05, 4.69) is 12.2 Å². The van der Waals surface area contributed by atoms with Gasteiger partial charge in [-0.2, -0.15) is 0 Å². The summed E-state index contributed by atoms with van der Waals surface area (Å²) in [6, 6.07) is 1.47. The van der Waals surface area contributed by atoms with Crippen molar-refractivity contribution in [2.45, 2.75) is 69.6 Å². The van der Waals surface area contributed by atoms with Gasteiger partial charge < -0.3 is 10.1 Å². The number of rotatable bonds is 3. The Morgan fingerprint density at radius 3 is 2.67 bits per heavy atom. The fourth-order valence-corrected chi connectivity index (χ4v) is 3.19. The van der Waals surface area contributed by atoms with Crippen LogP contribution in [0.4, 0.5) is 0 Å². The average Bonchev–Trinajstić information content (AvgIpc) is 2.99. The monoisotopic (exact) mass is 209 g/mol. The molecule has 1 N–H and O–H groups in total. The molecule has 2 saturated carbocycles. The first kappa shape index (κ1) is 10.1. The number of ether oxygens (including phenoxy) is 1. The standard InChI is InChI=1S/C13H23NO/c1-10(11-3-4-11)14-12-5-8-15-13(9-12)6-2-7-13/h10-12,14H,2-9H2,1H3. The predicted octanol–water partition coefficient (Wildman–Crippen LogP) is 2.48. The van der Waals surface area contributed by atoms with E-state index in [0.29, 0.717) is 5.60 Å². The van der Waals surface area contributed by atoms with Crippen molar-refractivity contribution in [3.63, 3.8) is 0 Å². The van der Waals surface area contributed by atoms with E-state index < -0.39 is 0 Å². The van der Waals surface area contributed by atoms with Crippen LogP contribution in [0.5, 0.6) is 0 Å². The minimum atomic E-state index is 0.305. The van der Waals surface area contributed by atoms with Gasteiger partial charge in [-0.05, 0) is 57.8 Å². The van der Waals surface area contributed by atoms with Crippen LogP contribution in [-0.2, 0) is 4.74 Å². The van der Waals surface area contributed by atoms with E-state index in [9.17, 15) is 0 Å². The van der Waals surface area contributed by atoms with E-state index in [1.165, 1.54) is 44.9 Å². The predicted molar refractivity (Wildman–Crippen MR) is 60.9 cm³/mol. The summed E-state index contributed by atoms with van der Waals surface area (Å²) in [7, 11) is 0. The fourth-order valence-electron chi connectivity index (χ4n) is 3.19. The normalized spacial score (nSPS) is 36.2. The van der Waals surface area contributed by atoms with Gasteiger partial charge in [-0.15, -0.1) is 0 Å². The summed E-state index contributed by atoms with van der Waals surface area (Å²) in [5.74, 6) is 0.977. The molecule has 3 rings (SSSR count). The largest absolute Gasteiger partial charge is 0.375 e. The molecule has 86 valence electrons. The van der Waals surface area contributed by atoms with Crippen LogP contribution in [0.1, 0.15) is 51.9 Å². The maximum atomic E-state index is 5.95. The van der Waals surface area contributed by atoms with Gasteiger partial charge in [-0.25, -0.2) is 0 Å². The average molecular weight is 209 g/mol. The summed E-state index contributed by atoms with van der Waals surface area (Å²) < 4.78 is 5.95. The number of nitrogens with one attached hydrogen (secondary N) is 1. The molecule has 0 bridgehead atoms.